The molecule has 0 aliphatic heterocycles. The van der Waals surface area contributed by atoms with Gasteiger partial charge in [-0.1, -0.05) is 30.3 Å². The van der Waals surface area contributed by atoms with Crippen molar-refractivity contribution in [3.63, 3.8) is 0 Å². The predicted octanol–water partition coefficient (Wildman–Crippen LogP) is 2.88. The lowest BCUT2D eigenvalue weighted by atomic mass is 9.85. The van der Waals surface area contributed by atoms with E-state index >= 15 is 0 Å². The standard InChI is InChI=1S/C20H24N4O2/c25-20(26)13-24(12-14-6-7-14)17-8-16(9-17)22-19-11-21-10-18(23-19)15-4-2-1-3-5-15/h1-5,10-11,14,16-17H,6-9,12-13H2,(H,22,23)(H,25,26). The Kier molecular flexibility index (Phi) is 4.84. The molecule has 2 N–H and O–H groups in total. The third kappa shape index (κ3) is 4.19. The Morgan fingerprint density at radius 2 is 1.96 bits per heavy atom. The van der Waals surface area contributed by atoms with E-state index in [1.165, 1.54) is 12.8 Å². The molecule has 0 atom stereocenters. The summed E-state index contributed by atoms with van der Waals surface area (Å²) in [6.45, 7) is 1.07. The van der Waals surface area contributed by atoms with Crippen LogP contribution < -0.4 is 5.32 Å². The predicted molar refractivity (Wildman–Crippen MR) is 99.8 cm³/mol. The van der Waals surface area contributed by atoms with Gasteiger partial charge in [-0.05, 0) is 31.6 Å². The van der Waals surface area contributed by atoms with Crippen LogP contribution in [0.15, 0.2) is 42.7 Å². The number of carboxylic acids is 1. The molecule has 0 amide bonds. The number of carbonyl (C=O) groups is 1. The first-order valence-electron chi connectivity index (χ1n) is 9.27. The summed E-state index contributed by atoms with van der Waals surface area (Å²) in [5.74, 6) is 0.750. The summed E-state index contributed by atoms with van der Waals surface area (Å²) in [5.41, 5.74) is 1.90. The van der Waals surface area contributed by atoms with Crippen LogP contribution in [0.3, 0.4) is 0 Å². The van der Waals surface area contributed by atoms with Crippen molar-refractivity contribution in [2.24, 2.45) is 5.92 Å². The molecule has 6 nitrogen and oxygen atoms in total. The van der Waals surface area contributed by atoms with Gasteiger partial charge in [0.05, 0.1) is 24.6 Å². The van der Waals surface area contributed by atoms with Crippen molar-refractivity contribution in [2.75, 3.05) is 18.4 Å². The maximum atomic E-state index is 11.1. The molecule has 136 valence electrons. The molecule has 0 radical (unpaired) electrons. The highest BCUT2D eigenvalue weighted by Gasteiger charge is 2.37. The van der Waals surface area contributed by atoms with Crippen LogP contribution in [0.4, 0.5) is 5.82 Å². The molecule has 4 rings (SSSR count). The van der Waals surface area contributed by atoms with Crippen molar-refractivity contribution in [3.8, 4) is 11.3 Å². The molecular weight excluding hydrogens is 328 g/mol. The summed E-state index contributed by atoms with van der Waals surface area (Å²) in [6, 6.07) is 10.7. The number of anilines is 1. The fourth-order valence-corrected chi connectivity index (χ4v) is 3.54. The zero-order chi connectivity index (χ0) is 17.9. The molecule has 6 heteroatoms. The molecule has 1 aromatic carbocycles. The average Bonchev–Trinajstić information content (AvgIpc) is 3.42. The van der Waals surface area contributed by atoms with E-state index in [-0.39, 0.29) is 6.54 Å². The van der Waals surface area contributed by atoms with Crippen molar-refractivity contribution in [2.45, 2.75) is 37.8 Å². The normalized spacial score (nSPS) is 22.0. The van der Waals surface area contributed by atoms with E-state index in [9.17, 15) is 4.79 Å². The third-order valence-corrected chi connectivity index (χ3v) is 5.21. The lowest BCUT2D eigenvalue weighted by Gasteiger charge is -2.43. The molecule has 2 aliphatic carbocycles. The Labute approximate surface area is 153 Å². The highest BCUT2D eigenvalue weighted by atomic mass is 16.4. The van der Waals surface area contributed by atoms with Crippen molar-refractivity contribution in [3.05, 3.63) is 42.7 Å². The minimum Gasteiger partial charge on any atom is -0.480 e. The minimum atomic E-state index is -0.733. The molecule has 0 bridgehead atoms. The van der Waals surface area contributed by atoms with Crippen LogP contribution in [-0.4, -0.2) is 51.1 Å². The molecule has 0 unspecified atom stereocenters. The fraction of sp³-hybridized carbons (Fsp3) is 0.450. The molecular formula is C20H24N4O2. The molecule has 2 saturated carbocycles. The van der Waals surface area contributed by atoms with Gasteiger partial charge in [-0.3, -0.25) is 14.7 Å². The van der Waals surface area contributed by atoms with Gasteiger partial charge in [0.15, 0.2) is 0 Å². The van der Waals surface area contributed by atoms with Crippen LogP contribution in [0, 0.1) is 5.92 Å². The van der Waals surface area contributed by atoms with Gasteiger partial charge in [0, 0.05) is 24.2 Å². The molecule has 0 saturated heterocycles. The summed E-state index contributed by atoms with van der Waals surface area (Å²) >= 11 is 0. The van der Waals surface area contributed by atoms with Crippen LogP contribution in [0.25, 0.3) is 11.3 Å². The van der Waals surface area contributed by atoms with Crippen LogP contribution in [-0.2, 0) is 4.79 Å². The van der Waals surface area contributed by atoms with Crippen molar-refractivity contribution >= 4 is 11.8 Å². The molecule has 2 aromatic rings. The SMILES string of the molecule is O=C(O)CN(CC1CC1)C1CC(Nc2cncc(-c3ccccc3)n2)C1. The van der Waals surface area contributed by atoms with Gasteiger partial charge >= 0.3 is 5.97 Å². The Morgan fingerprint density at radius 1 is 1.19 bits per heavy atom. The summed E-state index contributed by atoms with van der Waals surface area (Å²) < 4.78 is 0. The van der Waals surface area contributed by atoms with Crippen molar-refractivity contribution in [1.29, 1.82) is 0 Å². The van der Waals surface area contributed by atoms with Crippen molar-refractivity contribution < 1.29 is 9.90 Å². The van der Waals surface area contributed by atoms with E-state index < -0.39 is 5.97 Å². The molecule has 26 heavy (non-hydrogen) atoms. The minimum absolute atomic E-state index is 0.150. The topological polar surface area (TPSA) is 78.4 Å². The summed E-state index contributed by atoms with van der Waals surface area (Å²) in [4.78, 5) is 22.2. The first kappa shape index (κ1) is 17.0. The first-order valence-corrected chi connectivity index (χ1v) is 9.27. The lowest BCUT2D eigenvalue weighted by Crippen LogP contribution is -2.52. The second-order valence-corrected chi connectivity index (χ2v) is 7.39. The van der Waals surface area contributed by atoms with Crippen molar-refractivity contribution in [1.82, 2.24) is 14.9 Å². The van der Waals surface area contributed by atoms with E-state index in [0.717, 1.165) is 36.5 Å². The van der Waals surface area contributed by atoms with E-state index in [2.05, 4.69) is 20.2 Å². The van der Waals surface area contributed by atoms with Crippen LogP contribution in [0.5, 0.6) is 0 Å². The van der Waals surface area contributed by atoms with E-state index in [0.29, 0.717) is 18.0 Å². The second-order valence-electron chi connectivity index (χ2n) is 7.39. The van der Waals surface area contributed by atoms with Crippen LogP contribution in [0.2, 0.25) is 0 Å². The summed E-state index contributed by atoms with van der Waals surface area (Å²) in [6.07, 6.45) is 7.92. The van der Waals surface area contributed by atoms with E-state index in [1.807, 2.05) is 30.3 Å². The Hall–Kier alpha value is -2.47. The number of hydrogen-bond donors (Lipinski definition) is 2. The number of rotatable bonds is 8. The van der Waals surface area contributed by atoms with Crippen LogP contribution in [0.1, 0.15) is 25.7 Å². The quantitative estimate of drug-likeness (QED) is 0.761. The highest BCUT2D eigenvalue weighted by Crippen LogP contribution is 2.34. The second kappa shape index (κ2) is 7.41. The molecule has 2 fully saturated rings. The molecule has 1 heterocycles. The molecule has 1 aromatic heterocycles. The molecule has 2 aliphatic rings. The highest BCUT2D eigenvalue weighted by molar-refractivity contribution is 5.69. The fourth-order valence-electron chi connectivity index (χ4n) is 3.54. The third-order valence-electron chi connectivity index (χ3n) is 5.21. The van der Waals surface area contributed by atoms with Gasteiger partial charge in [-0.25, -0.2) is 4.98 Å². The number of nitrogens with one attached hydrogen (secondary N) is 1. The zero-order valence-corrected chi connectivity index (χ0v) is 14.7. The number of aliphatic carboxylic acids is 1. The number of carboxylic acid groups (broad SMARTS) is 1. The van der Waals surface area contributed by atoms with E-state index in [1.54, 1.807) is 12.4 Å². The van der Waals surface area contributed by atoms with E-state index in [4.69, 9.17) is 5.11 Å². The zero-order valence-electron chi connectivity index (χ0n) is 14.7. The Morgan fingerprint density at radius 3 is 2.65 bits per heavy atom. The number of aromatic nitrogens is 2. The smallest absolute Gasteiger partial charge is 0.317 e. The van der Waals surface area contributed by atoms with Crippen LogP contribution >= 0.6 is 0 Å². The first-order chi connectivity index (χ1) is 12.7. The largest absolute Gasteiger partial charge is 0.480 e. The maximum absolute atomic E-state index is 11.1. The van der Waals surface area contributed by atoms with Gasteiger partial charge in [0.25, 0.3) is 0 Å². The monoisotopic (exact) mass is 352 g/mol. The number of hydrogen-bond acceptors (Lipinski definition) is 5. The summed E-state index contributed by atoms with van der Waals surface area (Å²) in [7, 11) is 0. The van der Waals surface area contributed by atoms with Gasteiger partial charge < -0.3 is 10.4 Å². The van der Waals surface area contributed by atoms with Gasteiger partial charge in [-0.2, -0.15) is 0 Å². The number of nitrogens with zero attached hydrogens (tertiary/aromatic N) is 3. The average molecular weight is 352 g/mol. The Balaban J connectivity index is 1.34. The Bertz CT molecular complexity index is 757. The lowest BCUT2D eigenvalue weighted by molar-refractivity contribution is -0.139. The van der Waals surface area contributed by atoms with Gasteiger partial charge in [0.2, 0.25) is 0 Å². The number of benzene rings is 1. The maximum Gasteiger partial charge on any atom is 0.317 e. The van der Waals surface area contributed by atoms with Gasteiger partial charge in [-0.15, -0.1) is 0 Å². The van der Waals surface area contributed by atoms with Gasteiger partial charge in [0.1, 0.15) is 5.82 Å². The molecule has 0 spiro atoms. The summed E-state index contributed by atoms with van der Waals surface area (Å²) in [5, 5.41) is 12.6.